The number of amides is 1. The van der Waals surface area contributed by atoms with Gasteiger partial charge in [-0.25, -0.2) is 0 Å². The number of nitrogens with two attached hydrogens (primary N) is 1. The number of rotatable bonds is 3. The van der Waals surface area contributed by atoms with Gasteiger partial charge in [-0.3, -0.25) is 9.69 Å². The topological polar surface area (TPSA) is 49.6 Å². The van der Waals surface area contributed by atoms with Crippen LogP contribution in [-0.2, 0) is 4.79 Å². The van der Waals surface area contributed by atoms with E-state index in [1.807, 2.05) is 11.8 Å². The third-order valence-electron chi connectivity index (χ3n) is 4.03. The van der Waals surface area contributed by atoms with Crippen LogP contribution >= 0.6 is 0 Å². The number of fused-ring (bicyclic) bond motifs is 1. The number of piperazine rings is 1. The van der Waals surface area contributed by atoms with E-state index in [-0.39, 0.29) is 11.8 Å². The van der Waals surface area contributed by atoms with Gasteiger partial charge in [0.05, 0.1) is 5.92 Å². The molecule has 0 aliphatic carbocycles. The molecule has 2 rings (SSSR count). The molecule has 1 amide bonds. The Morgan fingerprint density at radius 3 is 2.94 bits per heavy atom. The van der Waals surface area contributed by atoms with Crippen molar-refractivity contribution >= 4 is 5.91 Å². The van der Waals surface area contributed by atoms with Gasteiger partial charge in [0.2, 0.25) is 5.91 Å². The lowest BCUT2D eigenvalue weighted by Gasteiger charge is -2.38. The molecule has 0 aromatic rings. The third kappa shape index (κ3) is 2.23. The summed E-state index contributed by atoms with van der Waals surface area (Å²) in [4.78, 5) is 16.7. The van der Waals surface area contributed by atoms with E-state index < -0.39 is 0 Å². The SMILES string of the molecule is CCC(CN)C(=O)N1CCN2CCCC2C1. The minimum Gasteiger partial charge on any atom is -0.340 e. The van der Waals surface area contributed by atoms with Gasteiger partial charge in [-0.1, -0.05) is 6.92 Å². The summed E-state index contributed by atoms with van der Waals surface area (Å²) >= 11 is 0. The molecule has 4 nitrogen and oxygen atoms in total. The van der Waals surface area contributed by atoms with Crippen LogP contribution in [0.2, 0.25) is 0 Å². The molecule has 0 aromatic heterocycles. The maximum absolute atomic E-state index is 12.2. The van der Waals surface area contributed by atoms with Crippen molar-refractivity contribution in [2.24, 2.45) is 11.7 Å². The minimum atomic E-state index is 0.0351. The van der Waals surface area contributed by atoms with Crippen LogP contribution in [0.25, 0.3) is 0 Å². The quantitative estimate of drug-likeness (QED) is 0.750. The summed E-state index contributed by atoms with van der Waals surface area (Å²) < 4.78 is 0. The average Bonchev–Trinajstić information content (AvgIpc) is 2.77. The molecule has 2 unspecified atom stereocenters. The van der Waals surface area contributed by atoms with E-state index in [1.54, 1.807) is 0 Å². The molecule has 2 aliphatic rings. The molecular formula is C12H23N3O. The predicted molar refractivity (Wildman–Crippen MR) is 64.0 cm³/mol. The highest BCUT2D eigenvalue weighted by Crippen LogP contribution is 2.22. The normalized spacial score (nSPS) is 27.9. The summed E-state index contributed by atoms with van der Waals surface area (Å²) in [6, 6.07) is 0.619. The summed E-state index contributed by atoms with van der Waals surface area (Å²) in [6.45, 7) is 6.63. The first-order chi connectivity index (χ1) is 7.76. The van der Waals surface area contributed by atoms with Crippen molar-refractivity contribution < 1.29 is 4.79 Å². The molecule has 2 fully saturated rings. The van der Waals surface area contributed by atoms with Gasteiger partial charge in [-0.15, -0.1) is 0 Å². The summed E-state index contributed by atoms with van der Waals surface area (Å²) in [5.74, 6) is 0.310. The van der Waals surface area contributed by atoms with Crippen molar-refractivity contribution in [3.8, 4) is 0 Å². The van der Waals surface area contributed by atoms with Crippen LogP contribution < -0.4 is 5.73 Å². The third-order valence-corrected chi connectivity index (χ3v) is 4.03. The smallest absolute Gasteiger partial charge is 0.227 e. The molecule has 0 bridgehead atoms. The Morgan fingerprint density at radius 2 is 2.25 bits per heavy atom. The van der Waals surface area contributed by atoms with Crippen LogP contribution in [-0.4, -0.2) is 54.5 Å². The fourth-order valence-corrected chi connectivity index (χ4v) is 2.89. The Bertz CT molecular complexity index is 253. The van der Waals surface area contributed by atoms with Crippen LogP contribution in [0, 0.1) is 5.92 Å². The fourth-order valence-electron chi connectivity index (χ4n) is 2.89. The van der Waals surface area contributed by atoms with Gasteiger partial charge in [-0.05, 0) is 25.8 Å². The summed E-state index contributed by atoms with van der Waals surface area (Å²) in [7, 11) is 0. The van der Waals surface area contributed by atoms with E-state index >= 15 is 0 Å². The summed E-state index contributed by atoms with van der Waals surface area (Å²) in [6.07, 6.45) is 3.41. The van der Waals surface area contributed by atoms with E-state index in [4.69, 9.17) is 5.73 Å². The van der Waals surface area contributed by atoms with E-state index in [9.17, 15) is 4.79 Å². The number of carbonyl (C=O) groups is 1. The summed E-state index contributed by atoms with van der Waals surface area (Å²) in [5.41, 5.74) is 5.64. The second-order valence-electron chi connectivity index (χ2n) is 4.96. The van der Waals surface area contributed by atoms with Crippen LogP contribution in [0.3, 0.4) is 0 Å². The maximum atomic E-state index is 12.2. The Balaban J connectivity index is 1.92. The fraction of sp³-hybridized carbons (Fsp3) is 0.917. The van der Waals surface area contributed by atoms with Gasteiger partial charge in [-0.2, -0.15) is 0 Å². The lowest BCUT2D eigenvalue weighted by atomic mass is 10.0. The molecule has 2 aliphatic heterocycles. The molecule has 0 radical (unpaired) electrons. The van der Waals surface area contributed by atoms with Crippen molar-refractivity contribution in [1.82, 2.24) is 9.80 Å². The van der Waals surface area contributed by atoms with Gasteiger partial charge >= 0.3 is 0 Å². The van der Waals surface area contributed by atoms with Crippen molar-refractivity contribution in [1.29, 1.82) is 0 Å². The molecule has 0 saturated carbocycles. The Morgan fingerprint density at radius 1 is 1.44 bits per heavy atom. The minimum absolute atomic E-state index is 0.0351. The molecule has 2 atom stereocenters. The molecule has 0 aromatic carbocycles. The monoisotopic (exact) mass is 225 g/mol. The highest BCUT2D eigenvalue weighted by atomic mass is 16.2. The number of hydrogen-bond acceptors (Lipinski definition) is 3. The predicted octanol–water partition coefficient (Wildman–Crippen LogP) is 0.278. The standard InChI is InChI=1S/C12H23N3O/c1-2-10(8-13)12(16)15-7-6-14-5-3-4-11(14)9-15/h10-11H,2-9,13H2,1H3. The zero-order valence-electron chi connectivity index (χ0n) is 10.2. The maximum Gasteiger partial charge on any atom is 0.227 e. The number of nitrogens with zero attached hydrogens (tertiary/aromatic N) is 2. The van der Waals surface area contributed by atoms with E-state index in [1.165, 1.54) is 19.4 Å². The van der Waals surface area contributed by atoms with E-state index in [0.29, 0.717) is 12.6 Å². The molecule has 2 heterocycles. The zero-order valence-corrected chi connectivity index (χ0v) is 10.2. The van der Waals surface area contributed by atoms with Crippen molar-refractivity contribution in [3.05, 3.63) is 0 Å². The molecule has 2 saturated heterocycles. The Labute approximate surface area is 97.8 Å². The van der Waals surface area contributed by atoms with Gasteiger partial charge in [0, 0.05) is 32.2 Å². The summed E-state index contributed by atoms with van der Waals surface area (Å²) in [5, 5.41) is 0. The van der Waals surface area contributed by atoms with E-state index in [2.05, 4.69) is 4.90 Å². The molecule has 4 heteroatoms. The van der Waals surface area contributed by atoms with Gasteiger partial charge in [0.1, 0.15) is 0 Å². The van der Waals surface area contributed by atoms with Crippen LogP contribution in [0.15, 0.2) is 0 Å². The second kappa shape index (κ2) is 5.15. The highest BCUT2D eigenvalue weighted by molar-refractivity contribution is 5.79. The number of carbonyl (C=O) groups excluding carboxylic acids is 1. The Hall–Kier alpha value is -0.610. The van der Waals surface area contributed by atoms with Crippen molar-refractivity contribution in [3.63, 3.8) is 0 Å². The van der Waals surface area contributed by atoms with Crippen molar-refractivity contribution in [2.45, 2.75) is 32.2 Å². The highest BCUT2D eigenvalue weighted by Gasteiger charge is 2.33. The van der Waals surface area contributed by atoms with Gasteiger partial charge in [0.15, 0.2) is 0 Å². The molecule has 92 valence electrons. The van der Waals surface area contributed by atoms with Gasteiger partial charge in [0.25, 0.3) is 0 Å². The first-order valence-corrected chi connectivity index (χ1v) is 6.49. The second-order valence-corrected chi connectivity index (χ2v) is 4.96. The number of hydrogen-bond donors (Lipinski definition) is 1. The largest absolute Gasteiger partial charge is 0.340 e. The molecular weight excluding hydrogens is 202 g/mol. The first kappa shape index (κ1) is 11.9. The molecule has 0 spiro atoms. The lowest BCUT2D eigenvalue weighted by Crippen LogP contribution is -2.53. The van der Waals surface area contributed by atoms with E-state index in [0.717, 1.165) is 26.1 Å². The van der Waals surface area contributed by atoms with Crippen LogP contribution in [0.1, 0.15) is 26.2 Å². The molecule has 2 N–H and O–H groups in total. The van der Waals surface area contributed by atoms with Crippen LogP contribution in [0.4, 0.5) is 0 Å². The van der Waals surface area contributed by atoms with Crippen LogP contribution in [0.5, 0.6) is 0 Å². The van der Waals surface area contributed by atoms with Gasteiger partial charge < -0.3 is 10.6 Å². The van der Waals surface area contributed by atoms with Crippen molar-refractivity contribution in [2.75, 3.05) is 32.7 Å². The first-order valence-electron chi connectivity index (χ1n) is 6.49. The zero-order chi connectivity index (χ0) is 11.5. The average molecular weight is 225 g/mol. The molecule has 16 heavy (non-hydrogen) atoms. The lowest BCUT2D eigenvalue weighted by molar-refractivity contribution is -0.137. The Kier molecular flexibility index (Phi) is 3.82.